The van der Waals surface area contributed by atoms with Gasteiger partial charge in [-0.05, 0) is 18.9 Å². The number of carbonyl (C=O) groups is 2. The number of carbonyl (C=O) groups excluding carboxylic acids is 2. The summed E-state index contributed by atoms with van der Waals surface area (Å²) >= 11 is 0. The summed E-state index contributed by atoms with van der Waals surface area (Å²) in [6, 6.07) is 2.64. The summed E-state index contributed by atoms with van der Waals surface area (Å²) in [5.74, 6) is -1.25. The number of amides is 1. The first-order valence-corrected chi connectivity index (χ1v) is 6.46. The molecule has 0 unspecified atom stereocenters. The third kappa shape index (κ3) is 3.25. The van der Waals surface area contributed by atoms with Crippen molar-refractivity contribution in [3.8, 4) is 11.5 Å². The minimum atomic E-state index is -1.42. The van der Waals surface area contributed by atoms with E-state index in [0.29, 0.717) is 18.8 Å². The van der Waals surface area contributed by atoms with Gasteiger partial charge in [-0.25, -0.2) is 0 Å². The molecule has 114 valence electrons. The average molecular weight is 294 g/mol. The number of hydrogen-bond donors (Lipinski definition) is 1. The molecule has 0 aromatic heterocycles. The molecule has 1 aliphatic heterocycles. The first kappa shape index (κ1) is 15.1. The number of methoxy groups -OCH3 is 2. The van der Waals surface area contributed by atoms with Crippen LogP contribution < -0.4 is 19.9 Å². The molecule has 1 amide bonds. The van der Waals surface area contributed by atoms with E-state index in [2.05, 4.69) is 5.32 Å². The normalized spacial score (nSPS) is 17.3. The lowest BCUT2D eigenvalue weighted by molar-refractivity contribution is -0.254. The van der Waals surface area contributed by atoms with E-state index in [-0.39, 0.29) is 22.9 Å². The zero-order chi connectivity index (χ0) is 15.4. The van der Waals surface area contributed by atoms with Crippen molar-refractivity contribution in [3.05, 3.63) is 17.7 Å². The zero-order valence-electron chi connectivity index (χ0n) is 11.8. The lowest BCUT2D eigenvalue weighted by Gasteiger charge is -2.17. The Bertz CT molecular complexity index is 551. The van der Waals surface area contributed by atoms with E-state index in [4.69, 9.17) is 14.2 Å². The molecule has 0 radical (unpaired) electrons. The smallest absolute Gasteiger partial charge is 0.253 e. The average Bonchev–Trinajstić information content (AvgIpc) is 3.00. The molecule has 7 heteroatoms. The van der Waals surface area contributed by atoms with E-state index in [1.54, 1.807) is 0 Å². The third-order valence-corrected chi connectivity index (χ3v) is 3.22. The Morgan fingerprint density at radius 2 is 1.95 bits per heavy atom. The zero-order valence-corrected chi connectivity index (χ0v) is 11.8. The number of rotatable bonds is 5. The lowest BCUT2D eigenvalue weighted by atomic mass is 10.1. The molecule has 1 N–H and O–H groups in total. The first-order chi connectivity index (χ1) is 10.1. The van der Waals surface area contributed by atoms with E-state index in [1.165, 1.54) is 26.4 Å². The fourth-order valence-corrected chi connectivity index (χ4v) is 2.15. The first-order valence-electron chi connectivity index (χ1n) is 6.46. The molecule has 2 rings (SSSR count). The van der Waals surface area contributed by atoms with Gasteiger partial charge in [-0.2, -0.15) is 0 Å². The standard InChI is InChI=1S/C14H17NO6/c1-19-11-6-8(14(17)18)9(7-12(11)20-2)15-13(16)10-4-3-5-21-10/h6-7,10H,3-5H2,1-2H3,(H,15,16)(H,17,18)/p-1/t10-/m1/s1. The van der Waals surface area contributed by atoms with Gasteiger partial charge in [0.1, 0.15) is 6.10 Å². The van der Waals surface area contributed by atoms with Crippen LogP contribution in [0.2, 0.25) is 0 Å². The highest BCUT2D eigenvalue weighted by atomic mass is 16.5. The summed E-state index contributed by atoms with van der Waals surface area (Å²) in [6.45, 7) is 0.525. The molecule has 0 saturated carbocycles. The van der Waals surface area contributed by atoms with Crippen molar-refractivity contribution in [2.24, 2.45) is 0 Å². The number of anilines is 1. The second-order valence-electron chi connectivity index (χ2n) is 4.53. The lowest BCUT2D eigenvalue weighted by Crippen LogP contribution is -2.29. The van der Waals surface area contributed by atoms with Gasteiger partial charge < -0.3 is 29.4 Å². The Labute approximate surface area is 121 Å². The summed E-state index contributed by atoms with van der Waals surface area (Å²) in [7, 11) is 2.81. The fourth-order valence-electron chi connectivity index (χ4n) is 2.15. The van der Waals surface area contributed by atoms with Gasteiger partial charge in [0, 0.05) is 18.2 Å². The molecular weight excluding hydrogens is 278 g/mol. The van der Waals surface area contributed by atoms with Crippen LogP contribution in [-0.2, 0) is 9.53 Å². The van der Waals surface area contributed by atoms with Crippen molar-refractivity contribution in [2.45, 2.75) is 18.9 Å². The van der Waals surface area contributed by atoms with Crippen LogP contribution in [0.25, 0.3) is 0 Å². The quantitative estimate of drug-likeness (QED) is 0.832. The molecule has 1 saturated heterocycles. The van der Waals surface area contributed by atoms with Crippen molar-refractivity contribution in [2.75, 3.05) is 26.1 Å². The highest BCUT2D eigenvalue weighted by molar-refractivity contribution is 6.02. The van der Waals surface area contributed by atoms with Gasteiger partial charge in [-0.15, -0.1) is 0 Å². The Balaban J connectivity index is 2.31. The molecule has 1 fully saturated rings. The number of hydrogen-bond acceptors (Lipinski definition) is 6. The van der Waals surface area contributed by atoms with Gasteiger partial charge in [0.05, 0.1) is 25.9 Å². The second kappa shape index (κ2) is 6.45. The van der Waals surface area contributed by atoms with E-state index < -0.39 is 12.1 Å². The van der Waals surface area contributed by atoms with Gasteiger partial charge in [0.25, 0.3) is 5.91 Å². The molecule has 1 aromatic rings. The summed E-state index contributed by atoms with van der Waals surface area (Å²) < 4.78 is 15.4. The van der Waals surface area contributed by atoms with E-state index in [9.17, 15) is 14.7 Å². The van der Waals surface area contributed by atoms with Crippen LogP contribution >= 0.6 is 0 Å². The third-order valence-electron chi connectivity index (χ3n) is 3.22. The number of carboxylic acid groups (broad SMARTS) is 1. The highest BCUT2D eigenvalue weighted by Crippen LogP contribution is 2.33. The molecule has 21 heavy (non-hydrogen) atoms. The minimum absolute atomic E-state index is 0.0909. The summed E-state index contributed by atoms with van der Waals surface area (Å²) in [5.41, 5.74) is -0.0906. The van der Waals surface area contributed by atoms with Crippen LogP contribution in [0.5, 0.6) is 11.5 Å². The molecule has 1 aromatic carbocycles. The van der Waals surface area contributed by atoms with Crippen LogP contribution in [0.3, 0.4) is 0 Å². The monoisotopic (exact) mass is 294 g/mol. The Hall–Kier alpha value is -2.28. The molecule has 1 aliphatic rings. The summed E-state index contributed by atoms with van der Waals surface area (Å²) in [6.07, 6.45) is 0.852. The molecular formula is C14H16NO6-. The van der Waals surface area contributed by atoms with E-state index in [0.717, 1.165) is 6.42 Å². The fraction of sp³-hybridized carbons (Fsp3) is 0.429. The maximum Gasteiger partial charge on any atom is 0.253 e. The van der Waals surface area contributed by atoms with Gasteiger partial charge in [0.15, 0.2) is 11.5 Å². The topological polar surface area (TPSA) is 96.9 Å². The van der Waals surface area contributed by atoms with E-state index in [1.807, 2.05) is 0 Å². The molecule has 0 spiro atoms. The van der Waals surface area contributed by atoms with Gasteiger partial charge in [-0.3, -0.25) is 4.79 Å². The second-order valence-corrected chi connectivity index (χ2v) is 4.53. The number of carboxylic acids is 1. The van der Waals surface area contributed by atoms with Crippen molar-refractivity contribution in [1.82, 2.24) is 0 Å². The largest absolute Gasteiger partial charge is 0.545 e. The Morgan fingerprint density at radius 1 is 1.29 bits per heavy atom. The summed E-state index contributed by atoms with van der Waals surface area (Å²) in [5, 5.41) is 13.7. The predicted molar refractivity (Wildman–Crippen MR) is 71.5 cm³/mol. The number of aromatic carboxylic acids is 1. The van der Waals surface area contributed by atoms with Gasteiger partial charge in [-0.1, -0.05) is 0 Å². The van der Waals surface area contributed by atoms with Gasteiger partial charge >= 0.3 is 0 Å². The maximum atomic E-state index is 12.0. The predicted octanol–water partition coefficient (Wildman–Crippen LogP) is 0.185. The van der Waals surface area contributed by atoms with Crippen molar-refractivity contribution >= 4 is 17.6 Å². The molecule has 7 nitrogen and oxygen atoms in total. The summed E-state index contributed by atoms with van der Waals surface area (Å²) in [4.78, 5) is 23.2. The number of benzene rings is 1. The van der Waals surface area contributed by atoms with Crippen LogP contribution in [0.1, 0.15) is 23.2 Å². The number of nitrogens with one attached hydrogen (secondary N) is 1. The Kier molecular flexibility index (Phi) is 4.64. The van der Waals surface area contributed by atoms with Gasteiger partial charge in [0.2, 0.25) is 0 Å². The van der Waals surface area contributed by atoms with Crippen LogP contribution in [0.4, 0.5) is 5.69 Å². The van der Waals surface area contributed by atoms with Crippen molar-refractivity contribution in [1.29, 1.82) is 0 Å². The maximum absolute atomic E-state index is 12.0. The van der Waals surface area contributed by atoms with Crippen LogP contribution in [0, 0.1) is 0 Å². The van der Waals surface area contributed by atoms with E-state index >= 15 is 0 Å². The molecule has 0 bridgehead atoms. The Morgan fingerprint density at radius 3 is 2.48 bits per heavy atom. The van der Waals surface area contributed by atoms with Crippen LogP contribution in [-0.4, -0.2) is 38.8 Å². The molecule has 1 heterocycles. The minimum Gasteiger partial charge on any atom is -0.545 e. The molecule has 0 aliphatic carbocycles. The van der Waals surface area contributed by atoms with Crippen molar-refractivity contribution < 1.29 is 28.9 Å². The molecule has 1 atom stereocenters. The van der Waals surface area contributed by atoms with Crippen molar-refractivity contribution in [3.63, 3.8) is 0 Å². The van der Waals surface area contributed by atoms with Crippen LogP contribution in [0.15, 0.2) is 12.1 Å². The SMILES string of the molecule is COc1cc(NC(=O)[C@H]2CCCO2)c(C(=O)[O-])cc1OC. The highest BCUT2D eigenvalue weighted by Gasteiger charge is 2.25. The number of ether oxygens (including phenoxy) is 3.